The lowest BCUT2D eigenvalue weighted by Gasteiger charge is -2.27. The maximum Gasteiger partial charge on any atom is 0.416 e. The Morgan fingerprint density at radius 1 is 0.857 bits per heavy atom. The lowest BCUT2D eigenvalue weighted by molar-refractivity contribution is -0.213. The summed E-state index contributed by atoms with van der Waals surface area (Å²) in [5.74, 6) is -5.65. The average Bonchev–Trinajstić information content (AvgIpc) is 3.55. The highest BCUT2D eigenvalue weighted by Gasteiger charge is 2.44. The molecule has 11 nitrogen and oxygen atoms in total. The van der Waals surface area contributed by atoms with Crippen LogP contribution in [0.25, 0.3) is 11.5 Å². The third-order valence-corrected chi connectivity index (χ3v) is 8.03. The molecule has 264 valence electrons. The highest BCUT2D eigenvalue weighted by Crippen LogP contribution is 2.25. The zero-order valence-electron chi connectivity index (χ0n) is 27.7. The fraction of sp³-hybridized carbons (Fsp3) is 0.457. The number of carbonyl (C=O) groups excluding carboxylic acids is 5. The number of halogens is 3. The normalized spacial score (nSPS) is 14.7. The van der Waals surface area contributed by atoms with E-state index in [1.807, 2.05) is 0 Å². The van der Waals surface area contributed by atoms with Gasteiger partial charge in [0.2, 0.25) is 23.5 Å². The van der Waals surface area contributed by atoms with Crippen LogP contribution in [0.4, 0.5) is 13.2 Å². The van der Waals surface area contributed by atoms with E-state index >= 15 is 0 Å². The van der Waals surface area contributed by atoms with E-state index in [1.54, 1.807) is 74.5 Å². The molecule has 2 amide bonds. The number of nitrogens with zero attached hydrogens (tertiary/aromatic N) is 2. The Kier molecular flexibility index (Phi) is 13.9. The smallest absolute Gasteiger partial charge is 0.414 e. The van der Waals surface area contributed by atoms with Gasteiger partial charge in [0.05, 0.1) is 12.1 Å². The van der Waals surface area contributed by atoms with Gasteiger partial charge < -0.3 is 25.0 Å². The lowest BCUT2D eigenvalue weighted by atomic mass is 9.88. The van der Waals surface area contributed by atoms with Gasteiger partial charge in [-0.25, -0.2) is 0 Å². The van der Waals surface area contributed by atoms with Crippen LogP contribution < -0.4 is 10.6 Å². The molecule has 0 fully saturated rings. The molecule has 3 N–H and O–H groups in total. The fourth-order valence-corrected chi connectivity index (χ4v) is 5.08. The Balaban J connectivity index is 1.74. The molecule has 0 spiro atoms. The minimum absolute atomic E-state index is 0.0383. The summed E-state index contributed by atoms with van der Waals surface area (Å²) in [6, 6.07) is 14.6. The topological polar surface area (TPSA) is 169 Å². The molecule has 3 rings (SSSR count). The van der Waals surface area contributed by atoms with Gasteiger partial charge in [-0.3, -0.25) is 19.2 Å². The largest absolute Gasteiger partial charge is 0.416 e. The van der Waals surface area contributed by atoms with Gasteiger partial charge in [0.1, 0.15) is 5.78 Å². The van der Waals surface area contributed by atoms with Gasteiger partial charge in [-0.05, 0) is 43.4 Å². The predicted molar refractivity (Wildman–Crippen MR) is 172 cm³/mol. The molecule has 5 atom stereocenters. The third-order valence-electron chi connectivity index (χ3n) is 8.03. The van der Waals surface area contributed by atoms with Crippen molar-refractivity contribution >= 4 is 29.2 Å². The first-order valence-electron chi connectivity index (χ1n) is 15.9. The van der Waals surface area contributed by atoms with Crippen molar-refractivity contribution < 1.29 is 46.7 Å². The Morgan fingerprint density at radius 2 is 1.47 bits per heavy atom. The average molecular weight is 687 g/mol. The highest BCUT2D eigenvalue weighted by atomic mass is 19.4. The number of hydrogen-bond donors (Lipinski definition) is 3. The minimum Gasteiger partial charge on any atom is -0.414 e. The quantitative estimate of drug-likeness (QED) is 0.161. The monoisotopic (exact) mass is 686 g/mol. The molecule has 1 heterocycles. The van der Waals surface area contributed by atoms with E-state index in [1.165, 1.54) is 13.8 Å². The van der Waals surface area contributed by atoms with E-state index < -0.39 is 78.2 Å². The van der Waals surface area contributed by atoms with Gasteiger partial charge in [0.25, 0.3) is 5.89 Å². The molecule has 3 aromatic rings. The van der Waals surface area contributed by atoms with Crippen LogP contribution >= 0.6 is 0 Å². The van der Waals surface area contributed by atoms with Crippen molar-refractivity contribution in [2.45, 2.75) is 84.2 Å². The number of aromatic nitrogens is 2. The molecule has 14 heteroatoms. The highest BCUT2D eigenvalue weighted by molar-refractivity contribution is 5.97. The summed E-state index contributed by atoms with van der Waals surface area (Å²) in [6.45, 7) is 5.98. The van der Waals surface area contributed by atoms with E-state index in [9.17, 15) is 42.3 Å². The number of alkyl halides is 3. The zero-order valence-corrected chi connectivity index (χ0v) is 27.7. The number of nitrogens with one attached hydrogen (secondary N) is 2. The number of Topliss-reactive ketones (excluding diaryl/α,β-unsaturated/α-hetero) is 3. The molecule has 2 aromatic carbocycles. The first-order chi connectivity index (χ1) is 23.1. The van der Waals surface area contributed by atoms with E-state index in [2.05, 4.69) is 20.8 Å². The van der Waals surface area contributed by atoms with Gasteiger partial charge >= 0.3 is 6.18 Å². The first-order valence-corrected chi connectivity index (χ1v) is 15.9. The van der Waals surface area contributed by atoms with E-state index in [0.717, 1.165) is 0 Å². The van der Waals surface area contributed by atoms with Gasteiger partial charge in [0.15, 0.2) is 11.9 Å². The number of amides is 2. The van der Waals surface area contributed by atoms with Crippen molar-refractivity contribution in [2.24, 2.45) is 17.8 Å². The summed E-state index contributed by atoms with van der Waals surface area (Å²) >= 11 is 0. The van der Waals surface area contributed by atoms with Crippen LogP contribution in [0.2, 0.25) is 0 Å². The molecule has 0 saturated carbocycles. The summed E-state index contributed by atoms with van der Waals surface area (Å²) in [7, 11) is 0. The van der Waals surface area contributed by atoms with Crippen LogP contribution in [0.5, 0.6) is 0 Å². The van der Waals surface area contributed by atoms with Crippen LogP contribution in [-0.4, -0.2) is 68.8 Å². The van der Waals surface area contributed by atoms with Crippen molar-refractivity contribution in [3.63, 3.8) is 0 Å². The Morgan fingerprint density at radius 3 is 2.04 bits per heavy atom. The maximum absolute atomic E-state index is 13.6. The Hall–Kier alpha value is -4.72. The molecule has 0 aliphatic carbocycles. The van der Waals surface area contributed by atoms with E-state index in [-0.39, 0.29) is 37.0 Å². The predicted octanol–water partition coefficient (Wildman–Crippen LogP) is 4.68. The molecule has 0 saturated heterocycles. The maximum atomic E-state index is 13.6. The van der Waals surface area contributed by atoms with Crippen LogP contribution in [0.15, 0.2) is 65.1 Å². The Labute approximate surface area is 282 Å². The van der Waals surface area contributed by atoms with Crippen molar-refractivity contribution in [2.75, 3.05) is 0 Å². The second-order valence-electron chi connectivity index (χ2n) is 12.4. The summed E-state index contributed by atoms with van der Waals surface area (Å²) in [5, 5.41) is 22.4. The molecule has 0 bridgehead atoms. The number of rotatable bonds is 18. The molecule has 0 aliphatic heterocycles. The van der Waals surface area contributed by atoms with Crippen LogP contribution in [-0.2, 0) is 25.6 Å². The molecular weight excluding hydrogens is 645 g/mol. The van der Waals surface area contributed by atoms with Crippen LogP contribution in [0.3, 0.4) is 0 Å². The number of hydrogen-bond acceptors (Lipinski definition) is 9. The van der Waals surface area contributed by atoms with Crippen LogP contribution in [0.1, 0.15) is 69.6 Å². The third kappa shape index (κ3) is 11.7. The van der Waals surface area contributed by atoms with Crippen LogP contribution in [0, 0.1) is 17.8 Å². The summed E-state index contributed by atoms with van der Waals surface area (Å²) in [4.78, 5) is 64.7. The molecule has 0 aliphatic rings. The fourth-order valence-electron chi connectivity index (χ4n) is 5.08. The van der Waals surface area contributed by atoms with E-state index in [0.29, 0.717) is 11.1 Å². The SMILES string of the molecule is CC(=O)CCC(NC(=O)[C@H](C)CC(=O)[C@H](Cc1ccccc1)NC(=O)[C@@H](CC(=O)c1nnc(-c2ccccc2)o1)C(C)C)C(O)C(F)(F)F. The molecule has 2 unspecified atom stereocenters. The molecular formula is C35H41F3N4O7. The van der Waals surface area contributed by atoms with Crippen molar-refractivity contribution in [1.82, 2.24) is 20.8 Å². The summed E-state index contributed by atoms with van der Waals surface area (Å²) in [5.41, 5.74) is 1.30. The number of aliphatic hydroxyl groups is 1. The van der Waals surface area contributed by atoms with Gasteiger partial charge in [-0.2, -0.15) is 13.2 Å². The van der Waals surface area contributed by atoms with Crippen molar-refractivity contribution in [3.8, 4) is 11.5 Å². The van der Waals surface area contributed by atoms with E-state index in [4.69, 9.17) is 4.42 Å². The Bertz CT molecular complexity index is 1580. The number of carbonyl (C=O) groups is 5. The van der Waals surface area contributed by atoms with Gasteiger partial charge in [-0.15, -0.1) is 10.2 Å². The summed E-state index contributed by atoms with van der Waals surface area (Å²) in [6.07, 6.45) is -9.46. The second-order valence-corrected chi connectivity index (χ2v) is 12.4. The number of ketones is 3. The van der Waals surface area contributed by atoms with Gasteiger partial charge in [-0.1, -0.05) is 69.3 Å². The first kappa shape index (κ1) is 38.7. The second kappa shape index (κ2) is 17.6. The molecule has 49 heavy (non-hydrogen) atoms. The number of aliphatic hydroxyl groups excluding tert-OH is 1. The zero-order chi connectivity index (χ0) is 36.3. The molecule has 1 aromatic heterocycles. The van der Waals surface area contributed by atoms with Crippen molar-refractivity contribution in [3.05, 3.63) is 72.1 Å². The standard InChI is InChI=1S/C35H41F3N4O7/c1-20(2)25(19-29(45)34-42-41-33(49-34)24-13-9-6-10-14-24)32(48)40-27(18-23-11-7-5-8-12-23)28(44)17-21(3)31(47)39-26(16-15-22(4)43)30(46)35(36,37)38/h5-14,20-21,25-27,30,46H,15-19H2,1-4H3,(H,39,47)(H,40,48)/t21-,25+,26?,27+,30?/m1/s1. The molecule has 0 radical (unpaired) electrons. The van der Waals surface area contributed by atoms with Gasteiger partial charge in [0, 0.05) is 36.7 Å². The minimum atomic E-state index is -5.05. The summed E-state index contributed by atoms with van der Waals surface area (Å²) < 4.78 is 45.4. The van der Waals surface area contributed by atoms with Crippen molar-refractivity contribution in [1.29, 1.82) is 0 Å². The lowest BCUT2D eigenvalue weighted by Crippen LogP contribution is -2.52. The number of benzene rings is 2.